The third-order valence-electron chi connectivity index (χ3n) is 2.11. The Labute approximate surface area is 90.0 Å². The van der Waals surface area contributed by atoms with E-state index in [0.717, 1.165) is 39.3 Å². The minimum atomic E-state index is -0.240. The first kappa shape index (κ1) is 11.8. The summed E-state index contributed by atoms with van der Waals surface area (Å²) in [7, 11) is 0. The van der Waals surface area contributed by atoms with E-state index < -0.39 is 0 Å². The maximum Gasteiger partial charge on any atom is 0.315 e. The molecule has 0 aromatic carbocycles. The lowest BCUT2D eigenvalue weighted by Crippen LogP contribution is -2.37. The number of carbonyl (C=O) groups is 1. The summed E-state index contributed by atoms with van der Waals surface area (Å²) in [5.41, 5.74) is 0. The van der Waals surface area contributed by atoms with Gasteiger partial charge >= 0.3 is 5.97 Å². The fourth-order valence-corrected chi connectivity index (χ4v) is 1.44. The third-order valence-corrected chi connectivity index (χ3v) is 2.37. The molecule has 0 spiro atoms. The summed E-state index contributed by atoms with van der Waals surface area (Å²) < 4.78 is 10.1. The van der Waals surface area contributed by atoms with Crippen LogP contribution in [0.15, 0.2) is 0 Å². The van der Waals surface area contributed by atoms with Crippen LogP contribution in [-0.2, 0) is 14.3 Å². The summed E-state index contributed by atoms with van der Waals surface area (Å²) in [4.78, 5) is 13.0. The van der Waals surface area contributed by atoms with E-state index in [1.54, 1.807) is 0 Å². The molecule has 0 N–H and O–H groups in total. The summed E-state index contributed by atoms with van der Waals surface area (Å²) >= 11 is 3.82. The predicted octanol–water partition coefficient (Wildman–Crippen LogP) is 0.182. The van der Waals surface area contributed by atoms with Crippen LogP contribution < -0.4 is 0 Å². The lowest BCUT2D eigenvalue weighted by molar-refractivity contribution is -0.140. The lowest BCUT2D eigenvalue weighted by atomic mass is 10.3. The number of esters is 1. The van der Waals surface area contributed by atoms with Gasteiger partial charge in [-0.1, -0.05) is 0 Å². The topological polar surface area (TPSA) is 38.8 Å². The molecule has 0 amide bonds. The molecule has 0 atom stereocenters. The molecular weight excluding hydrogens is 202 g/mol. The molecule has 0 radical (unpaired) electrons. The highest BCUT2D eigenvalue weighted by Crippen LogP contribution is 1.98. The Morgan fingerprint density at radius 3 is 2.79 bits per heavy atom. The first-order valence-corrected chi connectivity index (χ1v) is 5.53. The maximum absolute atomic E-state index is 10.7. The van der Waals surface area contributed by atoms with E-state index in [0.29, 0.717) is 6.61 Å². The van der Waals surface area contributed by atoms with Crippen LogP contribution in [0.1, 0.15) is 6.42 Å². The molecule has 1 heterocycles. The molecule has 82 valence electrons. The predicted molar refractivity (Wildman–Crippen MR) is 56.7 cm³/mol. The number of ether oxygens (including phenoxy) is 2. The van der Waals surface area contributed by atoms with Crippen molar-refractivity contribution in [2.75, 3.05) is 45.2 Å². The van der Waals surface area contributed by atoms with Gasteiger partial charge in [0.05, 0.1) is 25.6 Å². The normalized spacial score (nSPS) is 18.1. The number of rotatable bonds is 5. The van der Waals surface area contributed by atoms with Gasteiger partial charge in [-0.15, -0.1) is 0 Å². The van der Waals surface area contributed by atoms with Crippen molar-refractivity contribution in [2.45, 2.75) is 6.42 Å². The standard InChI is InChI=1S/C9H17NO3S/c11-9(8-14)13-5-1-2-10-3-6-12-7-4-10/h14H,1-8H2. The van der Waals surface area contributed by atoms with E-state index in [4.69, 9.17) is 9.47 Å². The summed E-state index contributed by atoms with van der Waals surface area (Å²) in [5, 5.41) is 0. The van der Waals surface area contributed by atoms with E-state index in [-0.39, 0.29) is 11.7 Å². The Hall–Kier alpha value is -0.260. The van der Waals surface area contributed by atoms with Crippen LogP contribution in [0.3, 0.4) is 0 Å². The van der Waals surface area contributed by atoms with Gasteiger partial charge in [0.25, 0.3) is 0 Å². The second-order valence-corrected chi connectivity index (χ2v) is 3.50. The molecule has 0 saturated carbocycles. The van der Waals surface area contributed by atoms with Crippen molar-refractivity contribution in [1.82, 2.24) is 4.90 Å². The van der Waals surface area contributed by atoms with Crippen LogP contribution in [-0.4, -0.2) is 56.1 Å². The van der Waals surface area contributed by atoms with Crippen molar-refractivity contribution in [1.29, 1.82) is 0 Å². The Morgan fingerprint density at radius 2 is 2.14 bits per heavy atom. The second kappa shape index (κ2) is 7.09. The number of nitrogens with zero attached hydrogens (tertiary/aromatic N) is 1. The van der Waals surface area contributed by atoms with Crippen molar-refractivity contribution in [3.05, 3.63) is 0 Å². The average molecular weight is 219 g/mol. The van der Waals surface area contributed by atoms with Gasteiger partial charge in [0, 0.05) is 19.6 Å². The van der Waals surface area contributed by atoms with Crippen molar-refractivity contribution < 1.29 is 14.3 Å². The van der Waals surface area contributed by atoms with Gasteiger partial charge in [-0.2, -0.15) is 12.6 Å². The van der Waals surface area contributed by atoms with E-state index in [1.165, 1.54) is 0 Å². The molecule has 0 unspecified atom stereocenters. The molecule has 0 bridgehead atoms. The smallest absolute Gasteiger partial charge is 0.315 e. The van der Waals surface area contributed by atoms with E-state index in [2.05, 4.69) is 17.5 Å². The monoisotopic (exact) mass is 219 g/mol. The van der Waals surface area contributed by atoms with Crippen LogP contribution in [0.25, 0.3) is 0 Å². The van der Waals surface area contributed by atoms with Gasteiger partial charge in [-0.3, -0.25) is 9.69 Å². The Bertz CT molecular complexity index is 171. The van der Waals surface area contributed by atoms with Gasteiger partial charge in [0.15, 0.2) is 0 Å². The molecule has 0 aromatic rings. The molecular formula is C9H17NO3S. The quantitative estimate of drug-likeness (QED) is 0.407. The third kappa shape index (κ3) is 4.83. The van der Waals surface area contributed by atoms with Crippen LogP contribution >= 0.6 is 12.6 Å². The molecule has 1 aliphatic rings. The van der Waals surface area contributed by atoms with Crippen molar-refractivity contribution in [2.24, 2.45) is 0 Å². The SMILES string of the molecule is O=C(CS)OCCCN1CCOCC1. The lowest BCUT2D eigenvalue weighted by Gasteiger charge is -2.26. The molecule has 1 saturated heterocycles. The minimum absolute atomic E-state index is 0.164. The van der Waals surface area contributed by atoms with Crippen LogP contribution in [0.4, 0.5) is 0 Å². The summed E-state index contributed by atoms with van der Waals surface area (Å²) in [6.45, 7) is 5.08. The molecule has 1 fully saturated rings. The zero-order valence-corrected chi connectivity index (χ0v) is 9.17. The Balaban J connectivity index is 1.94. The first-order chi connectivity index (χ1) is 6.83. The first-order valence-electron chi connectivity index (χ1n) is 4.89. The van der Waals surface area contributed by atoms with Gasteiger partial charge in [-0.25, -0.2) is 0 Å². The number of morpholine rings is 1. The molecule has 0 aromatic heterocycles. The van der Waals surface area contributed by atoms with Gasteiger partial charge in [-0.05, 0) is 6.42 Å². The molecule has 0 aliphatic carbocycles. The summed E-state index contributed by atoms with van der Waals surface area (Å²) in [6.07, 6.45) is 0.888. The Kier molecular flexibility index (Phi) is 5.98. The van der Waals surface area contributed by atoms with E-state index in [9.17, 15) is 4.79 Å². The van der Waals surface area contributed by atoms with Crippen molar-refractivity contribution in [3.63, 3.8) is 0 Å². The number of thiol groups is 1. The fourth-order valence-electron chi connectivity index (χ4n) is 1.34. The highest BCUT2D eigenvalue weighted by Gasteiger charge is 2.09. The molecule has 14 heavy (non-hydrogen) atoms. The average Bonchev–Trinajstić information content (AvgIpc) is 2.25. The maximum atomic E-state index is 10.7. The van der Waals surface area contributed by atoms with E-state index >= 15 is 0 Å². The molecule has 5 heteroatoms. The molecule has 4 nitrogen and oxygen atoms in total. The Morgan fingerprint density at radius 1 is 1.43 bits per heavy atom. The minimum Gasteiger partial charge on any atom is -0.465 e. The van der Waals surface area contributed by atoms with Gasteiger partial charge in [0.2, 0.25) is 0 Å². The number of carbonyl (C=O) groups excluding carboxylic acids is 1. The van der Waals surface area contributed by atoms with Gasteiger partial charge < -0.3 is 9.47 Å². The number of hydrogen-bond acceptors (Lipinski definition) is 5. The zero-order valence-electron chi connectivity index (χ0n) is 8.28. The van der Waals surface area contributed by atoms with E-state index in [1.807, 2.05) is 0 Å². The largest absolute Gasteiger partial charge is 0.465 e. The van der Waals surface area contributed by atoms with Crippen molar-refractivity contribution >= 4 is 18.6 Å². The second-order valence-electron chi connectivity index (χ2n) is 3.19. The molecule has 1 rings (SSSR count). The summed E-state index contributed by atoms with van der Waals surface area (Å²) in [5.74, 6) is -0.0762. The number of hydrogen-bond donors (Lipinski definition) is 1. The highest BCUT2D eigenvalue weighted by atomic mass is 32.1. The zero-order chi connectivity index (χ0) is 10.2. The van der Waals surface area contributed by atoms with Crippen LogP contribution in [0.5, 0.6) is 0 Å². The van der Waals surface area contributed by atoms with Crippen LogP contribution in [0, 0.1) is 0 Å². The molecule has 1 aliphatic heterocycles. The highest BCUT2D eigenvalue weighted by molar-refractivity contribution is 7.81. The van der Waals surface area contributed by atoms with Crippen molar-refractivity contribution in [3.8, 4) is 0 Å². The summed E-state index contributed by atoms with van der Waals surface area (Å²) in [6, 6.07) is 0. The van der Waals surface area contributed by atoms with Gasteiger partial charge in [0.1, 0.15) is 0 Å². The van der Waals surface area contributed by atoms with Crippen LogP contribution in [0.2, 0.25) is 0 Å². The fraction of sp³-hybridized carbons (Fsp3) is 0.889.